The van der Waals surface area contributed by atoms with Gasteiger partial charge in [-0.15, -0.1) is 0 Å². The number of likely N-dealkylation sites (tertiary alicyclic amines) is 1. The molecule has 7 heteroatoms. The van der Waals surface area contributed by atoms with Crippen LogP contribution in [0.4, 0.5) is 4.79 Å². The van der Waals surface area contributed by atoms with Crippen molar-refractivity contribution in [2.24, 2.45) is 5.92 Å². The number of hydrogen-bond donors (Lipinski definition) is 2. The highest BCUT2D eigenvalue weighted by molar-refractivity contribution is 5.83. The van der Waals surface area contributed by atoms with E-state index in [0.29, 0.717) is 19.5 Å². The Morgan fingerprint density at radius 2 is 1.80 bits per heavy atom. The van der Waals surface area contributed by atoms with E-state index in [1.165, 1.54) is 4.90 Å². The topological polar surface area (TPSA) is 88.1 Å². The number of rotatable bonds is 6. The molecule has 0 aliphatic carbocycles. The maximum absolute atomic E-state index is 12.1. The van der Waals surface area contributed by atoms with Crippen molar-refractivity contribution in [2.75, 3.05) is 27.3 Å². The molecule has 2 N–H and O–H groups in total. The van der Waals surface area contributed by atoms with Gasteiger partial charge in [-0.3, -0.25) is 0 Å². The molecule has 1 aliphatic rings. The predicted molar refractivity (Wildman–Crippen MR) is 72.6 cm³/mol. The van der Waals surface area contributed by atoms with Crippen molar-refractivity contribution in [3.05, 3.63) is 0 Å². The Morgan fingerprint density at radius 1 is 1.30 bits per heavy atom. The molecule has 0 aromatic carbocycles. The van der Waals surface area contributed by atoms with Crippen LogP contribution in [-0.4, -0.2) is 67.6 Å². The van der Waals surface area contributed by atoms with Gasteiger partial charge in [0.1, 0.15) is 18.2 Å². The number of amides is 2. The van der Waals surface area contributed by atoms with Gasteiger partial charge in [-0.25, -0.2) is 9.59 Å². The van der Waals surface area contributed by atoms with E-state index in [1.54, 1.807) is 21.1 Å². The zero-order valence-corrected chi connectivity index (χ0v) is 12.5. The molecule has 1 fully saturated rings. The van der Waals surface area contributed by atoms with Gasteiger partial charge in [0.2, 0.25) is 0 Å². The summed E-state index contributed by atoms with van der Waals surface area (Å²) in [6, 6.07) is -1.27. The van der Waals surface area contributed by atoms with Gasteiger partial charge in [-0.05, 0) is 5.92 Å². The Kier molecular flexibility index (Phi) is 6.22. The molecule has 0 bridgehead atoms. The van der Waals surface area contributed by atoms with E-state index in [9.17, 15) is 14.7 Å². The maximum atomic E-state index is 12.1. The summed E-state index contributed by atoms with van der Waals surface area (Å²) in [6.07, 6.45) is 0.314. The molecule has 1 rings (SSSR count). The van der Waals surface area contributed by atoms with Crippen molar-refractivity contribution >= 4 is 12.0 Å². The molecule has 0 saturated carbocycles. The predicted octanol–water partition coefficient (Wildman–Crippen LogP) is 0.541. The molecule has 1 heterocycles. The molecule has 20 heavy (non-hydrogen) atoms. The molecule has 0 aromatic heterocycles. The number of nitrogens with one attached hydrogen (secondary N) is 1. The van der Waals surface area contributed by atoms with Gasteiger partial charge >= 0.3 is 12.0 Å². The fraction of sp³-hybridized carbons (Fsp3) is 0.846. The van der Waals surface area contributed by atoms with Crippen LogP contribution in [0.15, 0.2) is 0 Å². The molecular formula is C13H24N2O5. The second-order valence-electron chi connectivity index (χ2n) is 5.10. The van der Waals surface area contributed by atoms with Crippen LogP contribution in [0.5, 0.6) is 0 Å². The molecule has 0 aromatic rings. The third kappa shape index (κ3) is 3.83. The Morgan fingerprint density at radius 3 is 2.15 bits per heavy atom. The average molecular weight is 288 g/mol. The van der Waals surface area contributed by atoms with E-state index in [0.717, 1.165) is 0 Å². The third-order valence-electron chi connectivity index (χ3n) is 3.87. The molecule has 1 saturated heterocycles. The summed E-state index contributed by atoms with van der Waals surface area (Å²) in [5.41, 5.74) is 0. The number of carbonyl (C=O) groups is 2. The van der Waals surface area contributed by atoms with Gasteiger partial charge in [0.15, 0.2) is 0 Å². The first-order valence-electron chi connectivity index (χ1n) is 6.78. The number of carboxylic acid groups (broad SMARTS) is 1. The number of urea groups is 1. The van der Waals surface area contributed by atoms with Crippen LogP contribution in [0.1, 0.15) is 20.3 Å². The zero-order valence-electron chi connectivity index (χ0n) is 12.5. The van der Waals surface area contributed by atoms with Crippen molar-refractivity contribution in [3.63, 3.8) is 0 Å². The number of nitrogens with zero attached hydrogens (tertiary/aromatic N) is 1. The number of hydrogen-bond acceptors (Lipinski definition) is 4. The molecule has 4 atom stereocenters. The van der Waals surface area contributed by atoms with Crippen molar-refractivity contribution in [1.82, 2.24) is 10.2 Å². The van der Waals surface area contributed by atoms with E-state index >= 15 is 0 Å². The molecule has 7 nitrogen and oxygen atoms in total. The lowest BCUT2D eigenvalue weighted by Gasteiger charge is -2.24. The smallest absolute Gasteiger partial charge is 0.326 e. The van der Waals surface area contributed by atoms with Crippen LogP contribution in [0.25, 0.3) is 0 Å². The summed E-state index contributed by atoms with van der Waals surface area (Å²) in [5.74, 6) is -1.14. The standard InChI is InChI=1S/C13H24N2O5/c1-5-8(2)11(12(16)17)14-13(18)15-6-9(19-3)10(7-15)20-4/h8-11H,5-7H2,1-4H3,(H,14,18)(H,16,17). The first-order valence-corrected chi connectivity index (χ1v) is 6.78. The van der Waals surface area contributed by atoms with Gasteiger partial charge in [0.25, 0.3) is 0 Å². The molecule has 0 spiro atoms. The second kappa shape index (κ2) is 7.44. The SMILES string of the molecule is CCC(C)C(NC(=O)N1CC(OC)C(OC)C1)C(=O)O. The normalized spacial score (nSPS) is 25.3. The van der Waals surface area contributed by atoms with Gasteiger partial charge in [0, 0.05) is 14.2 Å². The van der Waals surface area contributed by atoms with Crippen LogP contribution in [0.2, 0.25) is 0 Å². The molecule has 0 radical (unpaired) electrons. The summed E-state index contributed by atoms with van der Waals surface area (Å²) in [6.45, 7) is 4.49. The van der Waals surface area contributed by atoms with Crippen molar-refractivity contribution < 1.29 is 24.2 Å². The number of carboxylic acids is 1. The minimum absolute atomic E-state index is 0.129. The fourth-order valence-corrected chi connectivity index (χ4v) is 2.27. The highest BCUT2D eigenvalue weighted by Gasteiger charge is 2.37. The van der Waals surface area contributed by atoms with E-state index in [1.807, 2.05) is 6.92 Å². The number of aliphatic carboxylic acids is 1. The monoisotopic (exact) mass is 288 g/mol. The third-order valence-corrected chi connectivity index (χ3v) is 3.87. The maximum Gasteiger partial charge on any atom is 0.326 e. The van der Waals surface area contributed by atoms with Gasteiger partial charge in [-0.1, -0.05) is 20.3 Å². The van der Waals surface area contributed by atoms with Gasteiger partial charge < -0.3 is 24.8 Å². The number of ether oxygens (including phenoxy) is 2. The molecule has 2 amide bonds. The summed E-state index contributed by atoms with van der Waals surface area (Å²) in [5, 5.41) is 11.8. The molecule has 116 valence electrons. The molecule has 1 aliphatic heterocycles. The zero-order chi connectivity index (χ0) is 15.3. The highest BCUT2D eigenvalue weighted by atomic mass is 16.5. The van der Waals surface area contributed by atoms with Gasteiger partial charge in [0.05, 0.1) is 13.1 Å². The first-order chi connectivity index (χ1) is 9.44. The van der Waals surface area contributed by atoms with Crippen LogP contribution in [-0.2, 0) is 14.3 Å². The number of carbonyl (C=O) groups excluding carboxylic acids is 1. The Balaban J connectivity index is 2.64. The lowest BCUT2D eigenvalue weighted by molar-refractivity contribution is -0.140. The minimum Gasteiger partial charge on any atom is -0.480 e. The van der Waals surface area contributed by atoms with Crippen LogP contribution in [0.3, 0.4) is 0 Å². The summed E-state index contributed by atoms with van der Waals surface area (Å²) in [4.78, 5) is 24.9. The van der Waals surface area contributed by atoms with Crippen LogP contribution < -0.4 is 5.32 Å². The van der Waals surface area contributed by atoms with Crippen LogP contribution >= 0.6 is 0 Å². The van der Waals surface area contributed by atoms with Crippen molar-refractivity contribution in [1.29, 1.82) is 0 Å². The summed E-state index contributed by atoms with van der Waals surface area (Å²) < 4.78 is 10.5. The van der Waals surface area contributed by atoms with E-state index in [2.05, 4.69) is 5.32 Å². The highest BCUT2D eigenvalue weighted by Crippen LogP contribution is 2.16. The Bertz CT molecular complexity index is 338. The molecule has 4 unspecified atom stereocenters. The molecular weight excluding hydrogens is 264 g/mol. The van der Waals surface area contributed by atoms with Gasteiger partial charge in [-0.2, -0.15) is 0 Å². The minimum atomic E-state index is -1.02. The van der Waals surface area contributed by atoms with Crippen molar-refractivity contribution in [3.8, 4) is 0 Å². The van der Waals surface area contributed by atoms with E-state index in [-0.39, 0.29) is 24.2 Å². The van der Waals surface area contributed by atoms with E-state index in [4.69, 9.17) is 9.47 Å². The van der Waals surface area contributed by atoms with Crippen LogP contribution in [0, 0.1) is 5.92 Å². The largest absolute Gasteiger partial charge is 0.480 e. The lowest BCUT2D eigenvalue weighted by Crippen LogP contribution is -2.50. The quantitative estimate of drug-likeness (QED) is 0.745. The average Bonchev–Trinajstić information content (AvgIpc) is 2.86. The summed E-state index contributed by atoms with van der Waals surface area (Å²) in [7, 11) is 3.13. The Hall–Kier alpha value is -1.34. The van der Waals surface area contributed by atoms with E-state index < -0.39 is 12.0 Å². The number of methoxy groups -OCH3 is 2. The summed E-state index contributed by atoms with van der Waals surface area (Å²) >= 11 is 0. The Labute approximate surface area is 119 Å². The fourth-order valence-electron chi connectivity index (χ4n) is 2.27. The van der Waals surface area contributed by atoms with Crippen molar-refractivity contribution in [2.45, 2.75) is 38.5 Å². The second-order valence-corrected chi connectivity index (χ2v) is 5.10. The lowest BCUT2D eigenvalue weighted by atomic mass is 9.99. The first kappa shape index (κ1) is 16.7.